The third-order valence-electron chi connectivity index (χ3n) is 3.04. The molecule has 1 rings (SSSR count). The summed E-state index contributed by atoms with van der Waals surface area (Å²) >= 11 is 0. The summed E-state index contributed by atoms with van der Waals surface area (Å²) in [5, 5.41) is 10.4. The maximum absolute atomic E-state index is 12.0. The van der Waals surface area contributed by atoms with E-state index >= 15 is 0 Å². The first kappa shape index (κ1) is 18.5. The first-order valence-electron chi connectivity index (χ1n) is 7.50. The molecule has 1 aromatic rings. The highest BCUT2D eigenvalue weighted by molar-refractivity contribution is 5.98. The van der Waals surface area contributed by atoms with Crippen molar-refractivity contribution >= 4 is 23.5 Å². The molecule has 0 spiro atoms. The van der Waals surface area contributed by atoms with Gasteiger partial charge >= 0.3 is 6.03 Å². The number of rotatable bonds is 6. The Morgan fingerprint density at radius 2 is 1.83 bits per heavy atom. The molecular formula is C16H24N4O3. The van der Waals surface area contributed by atoms with Gasteiger partial charge in [0.25, 0.3) is 5.91 Å². The Morgan fingerprint density at radius 3 is 2.43 bits per heavy atom. The summed E-state index contributed by atoms with van der Waals surface area (Å²) in [6.45, 7) is 6.06. The van der Waals surface area contributed by atoms with Crippen molar-refractivity contribution in [2.75, 3.05) is 18.9 Å². The average Bonchev–Trinajstić information content (AvgIpc) is 2.52. The van der Waals surface area contributed by atoms with Gasteiger partial charge in [0.2, 0.25) is 5.91 Å². The van der Waals surface area contributed by atoms with Gasteiger partial charge in [-0.2, -0.15) is 0 Å². The van der Waals surface area contributed by atoms with E-state index in [1.165, 1.54) is 0 Å². The molecule has 1 unspecified atom stereocenters. The number of hydrogen-bond acceptors (Lipinski definition) is 4. The predicted molar refractivity (Wildman–Crippen MR) is 89.3 cm³/mol. The van der Waals surface area contributed by atoms with Gasteiger partial charge in [0.15, 0.2) is 0 Å². The molecule has 0 aliphatic rings. The van der Waals surface area contributed by atoms with E-state index in [9.17, 15) is 14.4 Å². The molecule has 7 nitrogen and oxygen atoms in total. The van der Waals surface area contributed by atoms with E-state index in [1.54, 1.807) is 38.2 Å². The second-order valence-corrected chi connectivity index (χ2v) is 5.62. The summed E-state index contributed by atoms with van der Waals surface area (Å²) in [6.07, 6.45) is 0. The maximum atomic E-state index is 12.0. The lowest BCUT2D eigenvalue weighted by molar-refractivity contribution is -0.120. The van der Waals surface area contributed by atoms with Crippen LogP contribution in [0.25, 0.3) is 0 Å². The van der Waals surface area contributed by atoms with Crippen molar-refractivity contribution in [1.29, 1.82) is 0 Å². The number of anilines is 1. The molecule has 4 N–H and O–H groups in total. The van der Waals surface area contributed by atoms with Gasteiger partial charge in [-0.25, -0.2) is 4.79 Å². The van der Waals surface area contributed by atoms with Crippen molar-refractivity contribution in [3.63, 3.8) is 0 Å². The summed E-state index contributed by atoms with van der Waals surface area (Å²) in [6, 6.07) is 5.63. The van der Waals surface area contributed by atoms with Crippen molar-refractivity contribution in [1.82, 2.24) is 16.0 Å². The van der Waals surface area contributed by atoms with Gasteiger partial charge in [-0.05, 0) is 31.0 Å². The van der Waals surface area contributed by atoms with Crippen molar-refractivity contribution in [3.05, 3.63) is 29.8 Å². The highest BCUT2D eigenvalue weighted by Gasteiger charge is 2.16. The maximum Gasteiger partial charge on any atom is 0.321 e. The van der Waals surface area contributed by atoms with Gasteiger partial charge in [-0.3, -0.25) is 14.9 Å². The van der Waals surface area contributed by atoms with E-state index in [-0.39, 0.29) is 5.91 Å². The fourth-order valence-corrected chi connectivity index (χ4v) is 1.77. The van der Waals surface area contributed by atoms with Gasteiger partial charge in [0.1, 0.15) is 6.04 Å². The monoisotopic (exact) mass is 320 g/mol. The van der Waals surface area contributed by atoms with Gasteiger partial charge in [-0.15, -0.1) is 0 Å². The molecule has 0 fully saturated rings. The molecule has 0 heterocycles. The highest BCUT2D eigenvalue weighted by Crippen LogP contribution is 2.11. The minimum atomic E-state index is -0.625. The zero-order valence-corrected chi connectivity index (χ0v) is 13.9. The first-order chi connectivity index (χ1) is 10.8. The van der Waals surface area contributed by atoms with Crippen LogP contribution in [0.3, 0.4) is 0 Å². The zero-order chi connectivity index (χ0) is 17.4. The Balaban J connectivity index is 2.58. The topological polar surface area (TPSA) is 99.3 Å². The zero-order valence-electron chi connectivity index (χ0n) is 13.9. The number of imide groups is 1. The lowest BCUT2D eigenvalue weighted by atomic mass is 10.1. The fourth-order valence-electron chi connectivity index (χ4n) is 1.77. The van der Waals surface area contributed by atoms with E-state index in [0.29, 0.717) is 23.7 Å². The Morgan fingerprint density at radius 1 is 1.13 bits per heavy atom. The highest BCUT2D eigenvalue weighted by atomic mass is 16.2. The molecule has 0 saturated heterocycles. The summed E-state index contributed by atoms with van der Waals surface area (Å²) in [4.78, 5) is 35.1. The van der Waals surface area contributed by atoms with E-state index < -0.39 is 18.0 Å². The van der Waals surface area contributed by atoms with Gasteiger partial charge in [0.05, 0.1) is 0 Å². The molecule has 126 valence electrons. The van der Waals surface area contributed by atoms with Crippen molar-refractivity contribution in [2.45, 2.75) is 26.8 Å². The number of carbonyl (C=O) groups excluding carboxylic acids is 3. The summed E-state index contributed by atoms with van der Waals surface area (Å²) in [5.74, 6) is -0.353. The molecule has 0 saturated carbocycles. The Kier molecular flexibility index (Phi) is 7.05. The minimum absolute atomic E-state index is 0.209. The molecule has 4 amide bonds. The number of urea groups is 1. The standard InChI is InChI=1S/C16H24N4O3/c1-10(2)9-18-16(23)20-14(21)11(3)19-13-7-5-6-12(8-13)15(22)17-4/h5-8,10-11,19H,9H2,1-4H3,(H,17,22)(H2,18,20,21,23). The number of benzene rings is 1. The second-order valence-electron chi connectivity index (χ2n) is 5.62. The first-order valence-corrected chi connectivity index (χ1v) is 7.50. The number of carbonyl (C=O) groups is 3. The Hall–Kier alpha value is -2.57. The molecular weight excluding hydrogens is 296 g/mol. The minimum Gasteiger partial charge on any atom is -0.374 e. The summed E-state index contributed by atoms with van der Waals surface area (Å²) in [7, 11) is 1.55. The van der Waals surface area contributed by atoms with Gasteiger partial charge in [-0.1, -0.05) is 19.9 Å². The van der Waals surface area contributed by atoms with Crippen LogP contribution in [0.15, 0.2) is 24.3 Å². The smallest absolute Gasteiger partial charge is 0.321 e. The lowest BCUT2D eigenvalue weighted by Gasteiger charge is -2.16. The van der Waals surface area contributed by atoms with Gasteiger partial charge < -0.3 is 16.0 Å². The average molecular weight is 320 g/mol. The molecule has 1 atom stereocenters. The van der Waals surface area contributed by atoms with Crippen molar-refractivity contribution < 1.29 is 14.4 Å². The molecule has 0 aliphatic heterocycles. The lowest BCUT2D eigenvalue weighted by Crippen LogP contribution is -2.46. The van der Waals surface area contributed by atoms with E-state index in [1.807, 2.05) is 13.8 Å². The second kappa shape index (κ2) is 8.77. The normalized spacial score (nSPS) is 11.5. The summed E-state index contributed by atoms with van der Waals surface area (Å²) in [5.41, 5.74) is 1.11. The molecule has 1 aromatic carbocycles. The van der Waals surface area contributed by atoms with E-state index in [2.05, 4.69) is 21.3 Å². The third-order valence-corrected chi connectivity index (χ3v) is 3.04. The SMILES string of the molecule is CNC(=O)c1cccc(NC(C)C(=O)NC(=O)NCC(C)C)c1. The number of amides is 4. The largest absolute Gasteiger partial charge is 0.374 e. The van der Waals surface area contributed by atoms with E-state index in [0.717, 1.165) is 0 Å². The number of nitrogens with one attached hydrogen (secondary N) is 4. The van der Waals surface area contributed by atoms with Crippen LogP contribution in [-0.4, -0.2) is 37.5 Å². The van der Waals surface area contributed by atoms with Crippen LogP contribution in [0.4, 0.5) is 10.5 Å². The quantitative estimate of drug-likeness (QED) is 0.635. The molecule has 23 heavy (non-hydrogen) atoms. The fraction of sp³-hybridized carbons (Fsp3) is 0.438. The number of hydrogen-bond donors (Lipinski definition) is 4. The third kappa shape index (κ3) is 6.37. The van der Waals surface area contributed by atoms with E-state index in [4.69, 9.17) is 0 Å². The Bertz CT molecular complexity index is 572. The molecule has 0 aromatic heterocycles. The van der Waals surface area contributed by atoms with Crippen LogP contribution in [0.1, 0.15) is 31.1 Å². The molecule has 0 aliphatic carbocycles. The Labute approximate surface area is 136 Å². The van der Waals surface area contributed by atoms with Crippen LogP contribution in [0.2, 0.25) is 0 Å². The van der Waals surface area contributed by atoms with Crippen LogP contribution >= 0.6 is 0 Å². The predicted octanol–water partition coefficient (Wildman–Crippen LogP) is 1.33. The van der Waals surface area contributed by atoms with Gasteiger partial charge in [0, 0.05) is 24.8 Å². The molecule has 0 radical (unpaired) electrons. The van der Waals surface area contributed by atoms with Crippen LogP contribution in [0.5, 0.6) is 0 Å². The molecule has 7 heteroatoms. The molecule has 0 bridgehead atoms. The van der Waals surface area contributed by atoms with Crippen molar-refractivity contribution in [3.8, 4) is 0 Å². The summed E-state index contributed by atoms with van der Waals surface area (Å²) < 4.78 is 0. The van der Waals surface area contributed by atoms with Crippen LogP contribution in [0, 0.1) is 5.92 Å². The van der Waals surface area contributed by atoms with Crippen LogP contribution in [-0.2, 0) is 4.79 Å². The van der Waals surface area contributed by atoms with Crippen LogP contribution < -0.4 is 21.3 Å². The van der Waals surface area contributed by atoms with Crippen molar-refractivity contribution in [2.24, 2.45) is 5.92 Å².